The molecule has 0 amide bonds. The van der Waals surface area contributed by atoms with E-state index in [1.54, 1.807) is 18.2 Å². The Morgan fingerprint density at radius 3 is 2.47 bits per heavy atom. The van der Waals surface area contributed by atoms with Crippen LogP contribution in [0.4, 0.5) is 13.2 Å². The van der Waals surface area contributed by atoms with Crippen LogP contribution in [0.2, 0.25) is 0 Å². The largest absolute Gasteiger partial charge is 0.573 e. The van der Waals surface area contributed by atoms with E-state index in [1.807, 2.05) is 0 Å². The summed E-state index contributed by atoms with van der Waals surface area (Å²) >= 11 is 0. The Hall–Kier alpha value is -1.19. The van der Waals surface area contributed by atoms with Gasteiger partial charge in [-0.15, -0.1) is 13.2 Å². The summed E-state index contributed by atoms with van der Waals surface area (Å²) in [6.45, 7) is 4.32. The van der Waals surface area contributed by atoms with Gasteiger partial charge in [-0.05, 0) is 30.4 Å². The molecular weight excluding hydrogens is 253 g/mol. The summed E-state index contributed by atoms with van der Waals surface area (Å²) < 4.78 is 40.8. The Morgan fingerprint density at radius 2 is 1.84 bits per heavy atom. The zero-order chi connectivity index (χ0) is 14.3. The van der Waals surface area contributed by atoms with Gasteiger partial charge in [0.05, 0.1) is 0 Å². The van der Waals surface area contributed by atoms with E-state index in [0.717, 1.165) is 19.3 Å². The molecule has 1 aromatic carbocycles. The number of hydrogen-bond donors (Lipinski definition) is 0. The summed E-state index contributed by atoms with van der Waals surface area (Å²) in [5.41, 5.74) is 0.628. The zero-order valence-electron chi connectivity index (χ0n) is 11.5. The number of benzene rings is 1. The van der Waals surface area contributed by atoms with Crippen LogP contribution >= 0.6 is 0 Å². The molecule has 1 atom stereocenters. The SMILES string of the molecule is CCCC(C)CCCc1ccccc1OC(F)(F)F. The van der Waals surface area contributed by atoms with Crippen LogP contribution < -0.4 is 4.74 Å². The molecule has 1 nitrogen and oxygen atoms in total. The van der Waals surface area contributed by atoms with Crippen molar-refractivity contribution in [2.24, 2.45) is 5.92 Å². The van der Waals surface area contributed by atoms with E-state index in [1.165, 1.54) is 12.5 Å². The molecular formula is C15H21F3O. The van der Waals surface area contributed by atoms with Gasteiger partial charge in [-0.2, -0.15) is 0 Å². The molecule has 1 rings (SSSR count). The van der Waals surface area contributed by atoms with Crippen molar-refractivity contribution >= 4 is 0 Å². The van der Waals surface area contributed by atoms with Gasteiger partial charge in [0.2, 0.25) is 0 Å². The van der Waals surface area contributed by atoms with Crippen LogP contribution in [0.3, 0.4) is 0 Å². The minimum Gasteiger partial charge on any atom is -0.406 e. The Bertz CT molecular complexity index is 374. The topological polar surface area (TPSA) is 9.23 Å². The molecule has 0 spiro atoms. The average Bonchev–Trinajstić information content (AvgIpc) is 2.30. The van der Waals surface area contributed by atoms with Crippen molar-refractivity contribution in [2.45, 2.75) is 52.3 Å². The summed E-state index contributed by atoms with van der Waals surface area (Å²) in [7, 11) is 0. The lowest BCUT2D eigenvalue weighted by Gasteiger charge is -2.14. The maximum Gasteiger partial charge on any atom is 0.573 e. The Balaban J connectivity index is 2.53. The van der Waals surface area contributed by atoms with Crippen LogP contribution in [0, 0.1) is 5.92 Å². The van der Waals surface area contributed by atoms with Gasteiger partial charge in [0.1, 0.15) is 5.75 Å². The van der Waals surface area contributed by atoms with Crippen LogP contribution in [0.25, 0.3) is 0 Å². The molecule has 0 bridgehead atoms. The number of alkyl halides is 3. The lowest BCUT2D eigenvalue weighted by molar-refractivity contribution is -0.274. The molecule has 0 saturated heterocycles. The zero-order valence-corrected chi connectivity index (χ0v) is 11.5. The third kappa shape index (κ3) is 6.50. The summed E-state index contributed by atoms with van der Waals surface area (Å²) in [5.74, 6) is 0.554. The molecule has 0 aliphatic rings. The maximum atomic E-state index is 12.2. The summed E-state index contributed by atoms with van der Waals surface area (Å²) in [6.07, 6.45) is 0.245. The highest BCUT2D eigenvalue weighted by atomic mass is 19.4. The van der Waals surface area contributed by atoms with E-state index >= 15 is 0 Å². The molecule has 0 aliphatic heterocycles. The van der Waals surface area contributed by atoms with Gasteiger partial charge in [-0.3, -0.25) is 0 Å². The maximum absolute atomic E-state index is 12.2. The van der Waals surface area contributed by atoms with Gasteiger partial charge in [0.25, 0.3) is 0 Å². The summed E-state index contributed by atoms with van der Waals surface area (Å²) in [4.78, 5) is 0. The second-order valence-electron chi connectivity index (χ2n) is 4.94. The molecule has 0 aliphatic carbocycles. The second-order valence-corrected chi connectivity index (χ2v) is 4.94. The van der Waals surface area contributed by atoms with E-state index in [-0.39, 0.29) is 5.75 Å². The van der Waals surface area contributed by atoms with Crippen molar-refractivity contribution in [3.63, 3.8) is 0 Å². The number of hydrogen-bond acceptors (Lipinski definition) is 1. The third-order valence-electron chi connectivity index (χ3n) is 3.12. The molecule has 4 heteroatoms. The Labute approximate surface area is 112 Å². The first-order valence-corrected chi connectivity index (χ1v) is 6.76. The fraction of sp³-hybridized carbons (Fsp3) is 0.600. The van der Waals surface area contributed by atoms with Crippen molar-refractivity contribution in [3.8, 4) is 5.75 Å². The van der Waals surface area contributed by atoms with Crippen LogP contribution in [0.5, 0.6) is 5.75 Å². The molecule has 19 heavy (non-hydrogen) atoms. The molecule has 0 aromatic heterocycles. The van der Waals surface area contributed by atoms with Gasteiger partial charge in [-0.1, -0.05) is 51.3 Å². The lowest BCUT2D eigenvalue weighted by Crippen LogP contribution is -2.18. The van der Waals surface area contributed by atoms with Crippen LogP contribution in [-0.2, 0) is 6.42 Å². The number of para-hydroxylation sites is 1. The predicted octanol–water partition coefficient (Wildman–Crippen LogP) is 5.34. The molecule has 0 radical (unpaired) electrons. The van der Waals surface area contributed by atoms with E-state index in [0.29, 0.717) is 17.9 Å². The van der Waals surface area contributed by atoms with Crippen molar-refractivity contribution in [1.29, 1.82) is 0 Å². The predicted molar refractivity (Wildman–Crippen MR) is 70.1 cm³/mol. The van der Waals surface area contributed by atoms with Gasteiger partial charge in [0, 0.05) is 0 Å². The van der Waals surface area contributed by atoms with Crippen LogP contribution in [0.15, 0.2) is 24.3 Å². The highest BCUT2D eigenvalue weighted by Gasteiger charge is 2.31. The molecule has 108 valence electrons. The molecule has 0 fully saturated rings. The third-order valence-corrected chi connectivity index (χ3v) is 3.12. The van der Waals surface area contributed by atoms with Crippen molar-refractivity contribution in [3.05, 3.63) is 29.8 Å². The quantitative estimate of drug-likeness (QED) is 0.651. The minimum absolute atomic E-state index is 0.0712. The van der Waals surface area contributed by atoms with Crippen molar-refractivity contribution in [1.82, 2.24) is 0 Å². The van der Waals surface area contributed by atoms with Crippen molar-refractivity contribution < 1.29 is 17.9 Å². The fourth-order valence-corrected chi connectivity index (χ4v) is 2.21. The first kappa shape index (κ1) is 15.9. The van der Waals surface area contributed by atoms with E-state index in [2.05, 4.69) is 18.6 Å². The molecule has 0 heterocycles. The minimum atomic E-state index is -4.62. The molecule has 1 unspecified atom stereocenters. The van der Waals surface area contributed by atoms with E-state index in [4.69, 9.17) is 0 Å². The number of aryl methyl sites for hydroxylation is 1. The van der Waals surface area contributed by atoms with Crippen LogP contribution in [-0.4, -0.2) is 6.36 Å². The Morgan fingerprint density at radius 1 is 1.16 bits per heavy atom. The summed E-state index contributed by atoms with van der Waals surface area (Å²) in [6, 6.07) is 6.38. The van der Waals surface area contributed by atoms with Gasteiger partial charge in [-0.25, -0.2) is 0 Å². The average molecular weight is 274 g/mol. The fourth-order valence-electron chi connectivity index (χ4n) is 2.21. The van der Waals surface area contributed by atoms with E-state index in [9.17, 15) is 13.2 Å². The smallest absolute Gasteiger partial charge is 0.406 e. The highest BCUT2D eigenvalue weighted by molar-refractivity contribution is 5.33. The molecule has 0 saturated carbocycles. The number of rotatable bonds is 7. The van der Waals surface area contributed by atoms with Gasteiger partial charge in [0.15, 0.2) is 0 Å². The summed E-state index contributed by atoms with van der Waals surface area (Å²) in [5, 5.41) is 0. The van der Waals surface area contributed by atoms with Gasteiger partial charge < -0.3 is 4.74 Å². The van der Waals surface area contributed by atoms with Crippen molar-refractivity contribution in [2.75, 3.05) is 0 Å². The van der Waals surface area contributed by atoms with Crippen LogP contribution in [0.1, 0.15) is 45.1 Å². The molecule has 1 aromatic rings. The Kier molecular flexibility index (Phi) is 6.19. The first-order chi connectivity index (χ1) is 8.92. The standard InChI is InChI=1S/C15H21F3O/c1-3-7-12(2)8-6-10-13-9-4-5-11-14(13)19-15(16,17)18/h4-5,9,11-12H,3,6-8,10H2,1-2H3. The highest BCUT2D eigenvalue weighted by Crippen LogP contribution is 2.27. The second kappa shape index (κ2) is 7.41. The van der Waals surface area contributed by atoms with E-state index < -0.39 is 6.36 Å². The number of halogens is 3. The molecule has 0 N–H and O–H groups in total. The first-order valence-electron chi connectivity index (χ1n) is 6.76. The normalized spacial score (nSPS) is 13.3. The number of ether oxygens (including phenoxy) is 1. The lowest BCUT2D eigenvalue weighted by atomic mass is 9.97. The van der Waals surface area contributed by atoms with Gasteiger partial charge >= 0.3 is 6.36 Å². The monoisotopic (exact) mass is 274 g/mol.